The van der Waals surface area contributed by atoms with Crippen LogP contribution in [0.5, 0.6) is 0 Å². The molecule has 0 aromatic carbocycles. The molecule has 2 fully saturated rings. The molecule has 0 bridgehead atoms. The van der Waals surface area contributed by atoms with Crippen LogP contribution in [-0.4, -0.2) is 11.3 Å². The van der Waals surface area contributed by atoms with Crippen LogP contribution >= 0.6 is 21.3 Å². The van der Waals surface area contributed by atoms with Crippen LogP contribution in [-0.2, 0) is 4.57 Å². The van der Waals surface area contributed by atoms with Gasteiger partial charge in [0.15, 0.2) is 5.84 Å². The van der Waals surface area contributed by atoms with E-state index in [1.807, 2.05) is 0 Å². The van der Waals surface area contributed by atoms with Crippen LogP contribution in [0.1, 0.15) is 89.9 Å². The molecule has 0 aromatic heterocycles. The van der Waals surface area contributed by atoms with Crippen molar-refractivity contribution < 1.29 is 4.57 Å². The molecule has 0 spiro atoms. The minimum Gasteiger partial charge on any atom is -0.311 e. The van der Waals surface area contributed by atoms with Gasteiger partial charge in [0.2, 0.25) is 0 Å². The molecule has 2 saturated carbocycles. The molecule has 0 saturated heterocycles. The van der Waals surface area contributed by atoms with E-state index < -0.39 is 5.84 Å². The van der Waals surface area contributed by atoms with Crippen molar-refractivity contribution in [1.82, 2.24) is 0 Å². The fourth-order valence-corrected chi connectivity index (χ4v) is 9.06. The van der Waals surface area contributed by atoms with Crippen LogP contribution in [0.3, 0.4) is 0 Å². The summed E-state index contributed by atoms with van der Waals surface area (Å²) in [4.78, 5) is 0. The molecular formula is C16H30BrOP. The van der Waals surface area contributed by atoms with Crippen molar-refractivity contribution in [2.24, 2.45) is 0 Å². The fraction of sp³-hybridized carbons (Fsp3) is 1.00. The van der Waals surface area contributed by atoms with Crippen molar-refractivity contribution in [1.29, 1.82) is 0 Å². The number of hydrogen-bond acceptors (Lipinski definition) is 1. The molecule has 0 unspecified atom stereocenters. The Morgan fingerprint density at radius 2 is 0.842 bits per heavy atom. The molecule has 0 aliphatic heterocycles. The Morgan fingerprint density at radius 3 is 1.16 bits per heavy atom. The standard InChI is InChI=1S/C16H30BrOP/c17-19(18,15-11-7-3-1-4-8-12-15)16-13-9-5-2-6-10-14-16/h15-16H,1-14H2. The Balaban J connectivity index is 1.98. The number of rotatable bonds is 2. The van der Waals surface area contributed by atoms with Gasteiger partial charge in [-0.05, 0) is 41.2 Å². The van der Waals surface area contributed by atoms with Crippen LogP contribution in [0.2, 0.25) is 0 Å². The summed E-state index contributed by atoms with van der Waals surface area (Å²) in [5, 5.41) is 0. The fourth-order valence-electron chi connectivity index (χ4n) is 3.87. The molecule has 1 nitrogen and oxygen atoms in total. The van der Waals surface area contributed by atoms with Gasteiger partial charge in [-0.15, -0.1) is 0 Å². The molecule has 0 atom stereocenters. The normalized spacial score (nSPS) is 26.2. The highest BCUT2D eigenvalue weighted by Crippen LogP contribution is 2.67. The Bertz CT molecular complexity index is 263. The second kappa shape index (κ2) is 8.23. The van der Waals surface area contributed by atoms with Crippen LogP contribution in [0.15, 0.2) is 0 Å². The second-order valence-electron chi connectivity index (χ2n) is 6.62. The summed E-state index contributed by atoms with van der Waals surface area (Å²) in [6.07, 6.45) is 18.2. The Hall–Kier alpha value is 0.710. The summed E-state index contributed by atoms with van der Waals surface area (Å²) in [5.41, 5.74) is 0.967. The van der Waals surface area contributed by atoms with Gasteiger partial charge in [-0.1, -0.05) is 64.2 Å². The number of hydrogen-bond donors (Lipinski definition) is 0. The Morgan fingerprint density at radius 1 is 0.579 bits per heavy atom. The van der Waals surface area contributed by atoms with Crippen molar-refractivity contribution in [2.75, 3.05) is 0 Å². The average Bonchev–Trinajstić information content (AvgIpc) is 2.26. The highest BCUT2D eigenvalue weighted by atomic mass is 79.9. The van der Waals surface area contributed by atoms with Gasteiger partial charge in [0.25, 0.3) is 0 Å². The van der Waals surface area contributed by atoms with Crippen LogP contribution in [0.4, 0.5) is 0 Å². The summed E-state index contributed by atoms with van der Waals surface area (Å²) in [6, 6.07) is 0. The topological polar surface area (TPSA) is 17.1 Å². The van der Waals surface area contributed by atoms with Crippen molar-refractivity contribution in [2.45, 2.75) is 101 Å². The van der Waals surface area contributed by atoms with Crippen molar-refractivity contribution in [3.63, 3.8) is 0 Å². The molecule has 0 amide bonds. The van der Waals surface area contributed by atoms with Crippen molar-refractivity contribution in [3.8, 4) is 0 Å². The molecule has 3 heteroatoms. The maximum atomic E-state index is 13.4. The zero-order valence-corrected chi connectivity index (χ0v) is 14.8. The lowest BCUT2D eigenvalue weighted by atomic mass is 10.00. The summed E-state index contributed by atoms with van der Waals surface area (Å²) in [6.45, 7) is 0. The monoisotopic (exact) mass is 348 g/mol. The Labute approximate surface area is 127 Å². The minimum atomic E-state index is -2.12. The quantitative estimate of drug-likeness (QED) is 0.496. The van der Waals surface area contributed by atoms with Crippen LogP contribution < -0.4 is 0 Å². The van der Waals surface area contributed by atoms with Gasteiger partial charge in [0.1, 0.15) is 0 Å². The van der Waals surface area contributed by atoms with Gasteiger partial charge in [-0.2, -0.15) is 0 Å². The van der Waals surface area contributed by atoms with Gasteiger partial charge in [0, 0.05) is 11.3 Å². The molecule has 112 valence electrons. The first-order chi connectivity index (χ1) is 9.21. The summed E-state index contributed by atoms with van der Waals surface area (Å²) >= 11 is 3.78. The average molecular weight is 349 g/mol. The SMILES string of the molecule is O=P(Br)(C1CCCCCCC1)C1CCCCCCC1. The summed E-state index contributed by atoms with van der Waals surface area (Å²) in [7, 11) is 0. The maximum absolute atomic E-state index is 13.4. The lowest BCUT2D eigenvalue weighted by molar-refractivity contribution is 0.465. The smallest absolute Gasteiger partial charge is 0.153 e. The first-order valence-electron chi connectivity index (χ1n) is 8.50. The van der Waals surface area contributed by atoms with Crippen molar-refractivity contribution >= 4 is 21.3 Å². The van der Waals surface area contributed by atoms with Gasteiger partial charge >= 0.3 is 0 Å². The third-order valence-electron chi connectivity index (χ3n) is 5.15. The van der Waals surface area contributed by atoms with Crippen LogP contribution in [0.25, 0.3) is 0 Å². The third-order valence-corrected chi connectivity index (χ3v) is 11.6. The van der Waals surface area contributed by atoms with Gasteiger partial charge in [-0.3, -0.25) is 0 Å². The van der Waals surface area contributed by atoms with E-state index in [4.69, 9.17) is 0 Å². The predicted molar refractivity (Wildman–Crippen MR) is 88.7 cm³/mol. The van der Waals surface area contributed by atoms with E-state index in [1.165, 1.54) is 89.9 Å². The molecule has 2 aliphatic rings. The lowest BCUT2D eigenvalue weighted by Gasteiger charge is -2.32. The first kappa shape index (κ1) is 16.1. The molecule has 0 aromatic rings. The van der Waals surface area contributed by atoms with Gasteiger partial charge in [0.05, 0.1) is 0 Å². The molecular weight excluding hydrogens is 319 g/mol. The molecule has 19 heavy (non-hydrogen) atoms. The first-order valence-corrected chi connectivity index (χ1v) is 12.4. The molecule has 0 radical (unpaired) electrons. The van der Waals surface area contributed by atoms with Gasteiger partial charge in [-0.25, -0.2) is 0 Å². The summed E-state index contributed by atoms with van der Waals surface area (Å²) < 4.78 is 13.4. The molecule has 2 aliphatic carbocycles. The van der Waals surface area contributed by atoms with Gasteiger partial charge < -0.3 is 4.57 Å². The zero-order valence-electron chi connectivity index (χ0n) is 12.3. The van der Waals surface area contributed by atoms with E-state index in [2.05, 4.69) is 15.5 Å². The maximum Gasteiger partial charge on any atom is 0.153 e. The minimum absolute atomic E-state index is 0.484. The highest BCUT2D eigenvalue weighted by Gasteiger charge is 2.37. The second-order valence-corrected chi connectivity index (χ2v) is 12.7. The molecule has 2 rings (SSSR count). The van der Waals surface area contributed by atoms with E-state index in [1.54, 1.807) is 0 Å². The van der Waals surface area contributed by atoms with E-state index in [0.29, 0.717) is 11.3 Å². The lowest BCUT2D eigenvalue weighted by Crippen LogP contribution is -2.18. The molecule has 0 heterocycles. The Kier molecular flexibility index (Phi) is 6.96. The largest absolute Gasteiger partial charge is 0.311 e. The zero-order chi connectivity index (χ0) is 13.6. The predicted octanol–water partition coefficient (Wildman–Crippen LogP) is 6.89. The van der Waals surface area contributed by atoms with Crippen LogP contribution in [0, 0.1) is 0 Å². The van der Waals surface area contributed by atoms with Crippen molar-refractivity contribution in [3.05, 3.63) is 0 Å². The van der Waals surface area contributed by atoms with E-state index >= 15 is 0 Å². The number of halogens is 1. The third kappa shape index (κ3) is 4.88. The van der Waals surface area contributed by atoms with E-state index in [9.17, 15) is 4.57 Å². The molecule has 0 N–H and O–H groups in total. The van der Waals surface area contributed by atoms with E-state index in [-0.39, 0.29) is 0 Å². The van der Waals surface area contributed by atoms with E-state index in [0.717, 1.165) is 0 Å². The highest BCUT2D eigenvalue weighted by molar-refractivity contribution is 9.40. The summed E-state index contributed by atoms with van der Waals surface area (Å²) in [5.74, 6) is -2.12.